The van der Waals surface area contributed by atoms with Crippen molar-refractivity contribution < 1.29 is 24.2 Å². The Labute approximate surface area is 162 Å². The molecule has 0 spiro atoms. The molecule has 1 aromatic heterocycles. The quantitative estimate of drug-likeness (QED) is 0.540. The van der Waals surface area contributed by atoms with Gasteiger partial charge in [-0.15, -0.1) is 0 Å². The average Bonchev–Trinajstić information content (AvgIpc) is 3.16. The molecule has 8 nitrogen and oxygen atoms in total. The minimum absolute atomic E-state index is 0.195. The summed E-state index contributed by atoms with van der Waals surface area (Å²) in [6, 6.07) is 6.12. The van der Waals surface area contributed by atoms with Crippen molar-refractivity contribution in [2.75, 3.05) is 6.61 Å². The second-order valence-corrected chi connectivity index (χ2v) is 7.42. The van der Waals surface area contributed by atoms with Gasteiger partial charge in [-0.05, 0) is 38.1 Å². The molecule has 9 heteroatoms. The summed E-state index contributed by atoms with van der Waals surface area (Å²) < 4.78 is 11.6. The van der Waals surface area contributed by atoms with Crippen molar-refractivity contribution in [1.29, 1.82) is 0 Å². The number of aromatic nitrogens is 3. The van der Waals surface area contributed by atoms with E-state index in [9.17, 15) is 14.7 Å². The fourth-order valence-corrected chi connectivity index (χ4v) is 2.28. The van der Waals surface area contributed by atoms with Crippen molar-refractivity contribution in [3.63, 3.8) is 0 Å². The molecule has 0 bridgehead atoms. The van der Waals surface area contributed by atoms with Crippen molar-refractivity contribution >= 4 is 23.4 Å². The largest absolute Gasteiger partial charge is 0.464 e. The topological polar surface area (TPSA) is 104 Å². The molecular formula is C18H22ClN3O5. The summed E-state index contributed by atoms with van der Waals surface area (Å²) in [5, 5.41) is 15.4. The number of halogens is 1. The lowest BCUT2D eigenvalue weighted by molar-refractivity contribution is -0.222. The molecule has 0 aliphatic rings. The smallest absolute Gasteiger partial charge is 0.376 e. The third-order valence-electron chi connectivity index (χ3n) is 3.76. The molecule has 0 saturated heterocycles. The number of carbonyl (C=O) groups is 2. The fraction of sp³-hybridized carbons (Fsp3) is 0.444. The molecule has 0 saturated carbocycles. The third kappa shape index (κ3) is 4.84. The van der Waals surface area contributed by atoms with Crippen LogP contribution in [0.1, 0.15) is 27.7 Å². The zero-order chi connectivity index (χ0) is 20.2. The van der Waals surface area contributed by atoms with E-state index in [1.807, 2.05) is 0 Å². The van der Waals surface area contributed by atoms with Gasteiger partial charge in [0.05, 0.1) is 11.3 Å². The molecule has 0 amide bonds. The lowest BCUT2D eigenvalue weighted by Crippen LogP contribution is -2.54. The standard InChI is InChI=1S/C18H22ClN3O5/c1-12(2)15(23)26-9-17(3,4)16(24)18(25,22-11-20-10-21-22)27-14-7-5-13(19)6-8-14/h5-8,10-12,25H,9H2,1-4H3. The van der Waals surface area contributed by atoms with Gasteiger partial charge < -0.3 is 14.6 Å². The highest BCUT2D eigenvalue weighted by Gasteiger charge is 2.50. The van der Waals surface area contributed by atoms with E-state index >= 15 is 0 Å². The summed E-state index contributed by atoms with van der Waals surface area (Å²) in [5.74, 6) is -3.83. The lowest BCUT2D eigenvalue weighted by atomic mass is 9.86. The highest BCUT2D eigenvalue weighted by atomic mass is 35.5. The minimum Gasteiger partial charge on any atom is -0.464 e. The number of esters is 1. The number of hydrogen-bond acceptors (Lipinski definition) is 7. The number of Topliss-reactive ketones (excluding diaryl/α,β-unsaturated/α-hetero) is 1. The van der Waals surface area contributed by atoms with Crippen LogP contribution in [0, 0.1) is 11.3 Å². The van der Waals surface area contributed by atoms with E-state index in [4.69, 9.17) is 21.1 Å². The molecule has 1 heterocycles. The van der Waals surface area contributed by atoms with Gasteiger partial charge in [0.25, 0.3) is 0 Å². The monoisotopic (exact) mass is 395 g/mol. The first-order valence-electron chi connectivity index (χ1n) is 8.30. The van der Waals surface area contributed by atoms with Gasteiger partial charge in [-0.2, -0.15) is 9.78 Å². The van der Waals surface area contributed by atoms with Crippen LogP contribution >= 0.6 is 11.6 Å². The molecule has 1 aromatic carbocycles. The number of ketones is 1. The van der Waals surface area contributed by atoms with Gasteiger partial charge in [-0.1, -0.05) is 25.4 Å². The van der Waals surface area contributed by atoms with Crippen LogP contribution in [0.2, 0.25) is 5.02 Å². The molecule has 27 heavy (non-hydrogen) atoms. The predicted octanol–water partition coefficient (Wildman–Crippen LogP) is 2.41. The normalized spacial score (nSPS) is 13.9. The molecule has 0 radical (unpaired) electrons. The van der Waals surface area contributed by atoms with Gasteiger partial charge in [0.15, 0.2) is 0 Å². The Hall–Kier alpha value is -2.45. The van der Waals surface area contributed by atoms with Gasteiger partial charge in [-0.25, -0.2) is 4.98 Å². The Balaban J connectivity index is 2.31. The van der Waals surface area contributed by atoms with E-state index in [0.717, 1.165) is 17.3 Å². The van der Waals surface area contributed by atoms with E-state index < -0.39 is 23.1 Å². The van der Waals surface area contributed by atoms with Crippen molar-refractivity contribution in [2.24, 2.45) is 11.3 Å². The van der Waals surface area contributed by atoms with Crippen LogP contribution in [-0.4, -0.2) is 38.2 Å². The van der Waals surface area contributed by atoms with Crippen LogP contribution in [0.25, 0.3) is 0 Å². The molecule has 0 aliphatic heterocycles. The van der Waals surface area contributed by atoms with Crippen LogP contribution < -0.4 is 4.74 Å². The zero-order valence-electron chi connectivity index (χ0n) is 15.5. The number of hydrogen-bond donors (Lipinski definition) is 1. The van der Waals surface area contributed by atoms with Crippen molar-refractivity contribution in [3.05, 3.63) is 41.9 Å². The average molecular weight is 396 g/mol. The second-order valence-electron chi connectivity index (χ2n) is 6.98. The summed E-state index contributed by atoms with van der Waals surface area (Å²) in [5.41, 5.74) is -1.27. The Bertz CT molecular complexity index is 790. The van der Waals surface area contributed by atoms with Gasteiger partial charge in [0.1, 0.15) is 25.0 Å². The minimum atomic E-state index is -2.49. The Morgan fingerprint density at radius 1 is 1.26 bits per heavy atom. The number of rotatable bonds is 8. The first kappa shape index (κ1) is 20.9. The summed E-state index contributed by atoms with van der Waals surface area (Å²) in [6.07, 6.45) is 2.32. The highest BCUT2D eigenvalue weighted by molar-refractivity contribution is 6.30. The third-order valence-corrected chi connectivity index (χ3v) is 4.01. The van der Waals surface area contributed by atoms with E-state index in [-0.39, 0.29) is 18.3 Å². The van der Waals surface area contributed by atoms with E-state index in [1.165, 1.54) is 26.0 Å². The predicted molar refractivity (Wildman–Crippen MR) is 96.9 cm³/mol. The molecule has 0 fully saturated rings. The molecule has 0 aliphatic carbocycles. The summed E-state index contributed by atoms with van der Waals surface area (Å²) >= 11 is 5.85. The molecule has 2 aromatic rings. The number of nitrogens with zero attached hydrogens (tertiary/aromatic N) is 3. The van der Waals surface area contributed by atoms with Crippen molar-refractivity contribution in [3.8, 4) is 5.75 Å². The molecule has 2 rings (SSSR count). The van der Waals surface area contributed by atoms with Crippen molar-refractivity contribution in [2.45, 2.75) is 33.6 Å². The van der Waals surface area contributed by atoms with Crippen LogP contribution in [0.5, 0.6) is 5.75 Å². The van der Waals surface area contributed by atoms with Crippen molar-refractivity contribution in [1.82, 2.24) is 14.8 Å². The molecule has 146 valence electrons. The van der Waals surface area contributed by atoms with Gasteiger partial charge >= 0.3 is 11.9 Å². The Morgan fingerprint density at radius 3 is 2.41 bits per heavy atom. The van der Waals surface area contributed by atoms with E-state index in [0.29, 0.717) is 5.02 Å². The number of ether oxygens (including phenoxy) is 2. The SMILES string of the molecule is CC(C)C(=O)OCC(C)(C)C(=O)C(O)(Oc1ccc(Cl)cc1)n1cncn1. The van der Waals surface area contributed by atoms with E-state index in [1.54, 1.807) is 26.0 Å². The summed E-state index contributed by atoms with van der Waals surface area (Å²) in [7, 11) is 0. The molecule has 1 N–H and O–H groups in total. The Morgan fingerprint density at radius 2 is 1.89 bits per heavy atom. The van der Waals surface area contributed by atoms with Crippen LogP contribution in [0.15, 0.2) is 36.9 Å². The maximum Gasteiger partial charge on any atom is 0.376 e. The zero-order valence-corrected chi connectivity index (χ0v) is 16.3. The molecular weight excluding hydrogens is 374 g/mol. The first-order valence-corrected chi connectivity index (χ1v) is 8.67. The lowest BCUT2D eigenvalue weighted by Gasteiger charge is -2.33. The molecule has 1 unspecified atom stereocenters. The number of aliphatic hydroxyl groups is 1. The Kier molecular flexibility index (Phi) is 6.22. The van der Waals surface area contributed by atoms with Crippen LogP contribution in [-0.2, 0) is 20.2 Å². The highest BCUT2D eigenvalue weighted by Crippen LogP contribution is 2.31. The van der Waals surface area contributed by atoms with E-state index in [2.05, 4.69) is 10.1 Å². The van der Waals surface area contributed by atoms with Crippen LogP contribution in [0.3, 0.4) is 0 Å². The maximum atomic E-state index is 13.2. The van der Waals surface area contributed by atoms with Gasteiger partial charge in [0, 0.05) is 5.02 Å². The van der Waals surface area contributed by atoms with Gasteiger partial charge in [0.2, 0.25) is 5.78 Å². The maximum absolute atomic E-state index is 13.2. The van der Waals surface area contributed by atoms with Crippen LogP contribution in [0.4, 0.5) is 0 Å². The number of carbonyl (C=O) groups excluding carboxylic acids is 2. The fourth-order valence-electron chi connectivity index (χ4n) is 2.15. The first-order chi connectivity index (χ1) is 12.6. The second kappa shape index (κ2) is 8.06. The number of benzene rings is 1. The summed E-state index contributed by atoms with van der Waals surface area (Å²) in [6.45, 7) is 6.22. The molecule has 1 atom stereocenters. The van der Waals surface area contributed by atoms with Gasteiger partial charge in [-0.3, -0.25) is 9.59 Å². The summed E-state index contributed by atoms with van der Waals surface area (Å²) in [4.78, 5) is 28.7.